The molecule has 1 nitrogen and oxygen atoms in total. The summed E-state index contributed by atoms with van der Waals surface area (Å²) >= 11 is 5.77. The Bertz CT molecular complexity index is 375. The molecule has 0 saturated carbocycles. The number of alkyl halides is 1. The van der Waals surface area contributed by atoms with Crippen LogP contribution in [0.4, 0.5) is 0 Å². The van der Waals surface area contributed by atoms with Gasteiger partial charge in [-0.1, -0.05) is 40.2 Å². The van der Waals surface area contributed by atoms with E-state index in [1.165, 1.54) is 29.7 Å². The van der Waals surface area contributed by atoms with E-state index in [1.807, 2.05) is 0 Å². The molecule has 18 heavy (non-hydrogen) atoms. The minimum absolute atomic E-state index is 0.450. The monoisotopic (exact) mass is 328 g/mol. The molecule has 0 amide bonds. The Morgan fingerprint density at radius 1 is 1.28 bits per heavy atom. The Hall–Kier alpha value is 0.01000. The Balaban J connectivity index is 1.85. The first-order valence-corrected chi connectivity index (χ1v) is 8.79. The molecule has 1 aliphatic rings. The van der Waals surface area contributed by atoms with Crippen LogP contribution < -0.4 is 0 Å². The van der Waals surface area contributed by atoms with Crippen molar-refractivity contribution in [2.45, 2.75) is 25.5 Å². The zero-order chi connectivity index (χ0) is 12.8. The third-order valence-corrected chi connectivity index (χ3v) is 6.29. The fourth-order valence-electron chi connectivity index (χ4n) is 2.27. The third-order valence-electron chi connectivity index (χ3n) is 3.76. The first-order chi connectivity index (χ1) is 8.76. The standard InChI is InChI=1S/C15H21BrOS/c1-13-4-2-3-5-14(13)10-18-12-15(11-16)6-8-17-9-7-15/h2-5H,6-12H2,1H3. The van der Waals surface area contributed by atoms with Crippen LogP contribution in [0.5, 0.6) is 0 Å². The van der Waals surface area contributed by atoms with Gasteiger partial charge in [0.25, 0.3) is 0 Å². The van der Waals surface area contributed by atoms with Gasteiger partial charge in [0.15, 0.2) is 0 Å². The maximum absolute atomic E-state index is 5.48. The molecule has 0 unspecified atom stereocenters. The summed E-state index contributed by atoms with van der Waals surface area (Å²) in [4.78, 5) is 0. The quantitative estimate of drug-likeness (QED) is 0.740. The van der Waals surface area contributed by atoms with Gasteiger partial charge in [0.1, 0.15) is 0 Å². The first kappa shape index (κ1) is 14.4. The van der Waals surface area contributed by atoms with Crippen LogP contribution in [-0.2, 0) is 10.5 Å². The van der Waals surface area contributed by atoms with Gasteiger partial charge >= 0.3 is 0 Å². The second-order valence-electron chi connectivity index (χ2n) is 5.17. The molecule has 0 aromatic heterocycles. The van der Waals surface area contributed by atoms with Crippen molar-refractivity contribution < 1.29 is 4.74 Å². The molecule has 2 rings (SSSR count). The first-order valence-electron chi connectivity index (χ1n) is 6.52. The predicted octanol–water partition coefficient (Wildman–Crippen LogP) is 4.42. The maximum Gasteiger partial charge on any atom is 0.0471 e. The topological polar surface area (TPSA) is 9.23 Å². The molecule has 0 N–H and O–H groups in total. The molecule has 1 saturated heterocycles. The van der Waals surface area contributed by atoms with E-state index in [0.29, 0.717) is 5.41 Å². The summed E-state index contributed by atoms with van der Waals surface area (Å²) in [5, 5.41) is 1.10. The van der Waals surface area contributed by atoms with E-state index in [1.54, 1.807) is 0 Å². The summed E-state index contributed by atoms with van der Waals surface area (Å²) < 4.78 is 5.48. The Labute approximate surface area is 123 Å². The lowest BCUT2D eigenvalue weighted by Crippen LogP contribution is -2.33. The maximum atomic E-state index is 5.48. The molecule has 0 atom stereocenters. The Morgan fingerprint density at radius 3 is 2.67 bits per heavy atom. The molecule has 100 valence electrons. The van der Waals surface area contributed by atoms with Crippen LogP contribution in [0, 0.1) is 12.3 Å². The molecule has 0 radical (unpaired) electrons. The number of hydrogen-bond acceptors (Lipinski definition) is 2. The third kappa shape index (κ3) is 3.75. The van der Waals surface area contributed by atoms with Crippen LogP contribution in [0.15, 0.2) is 24.3 Å². The molecule has 0 aliphatic carbocycles. The van der Waals surface area contributed by atoms with Gasteiger partial charge in [-0.3, -0.25) is 0 Å². The lowest BCUT2D eigenvalue weighted by atomic mass is 9.85. The van der Waals surface area contributed by atoms with E-state index < -0.39 is 0 Å². The fraction of sp³-hybridized carbons (Fsp3) is 0.600. The highest BCUT2D eigenvalue weighted by molar-refractivity contribution is 9.09. The Morgan fingerprint density at radius 2 is 2.00 bits per heavy atom. The van der Waals surface area contributed by atoms with E-state index in [0.717, 1.165) is 24.3 Å². The normalized spacial score (nSPS) is 18.8. The molecule has 1 aliphatic heterocycles. The number of benzene rings is 1. The smallest absolute Gasteiger partial charge is 0.0471 e. The minimum Gasteiger partial charge on any atom is -0.381 e. The van der Waals surface area contributed by atoms with Gasteiger partial charge in [-0.05, 0) is 36.3 Å². The summed E-state index contributed by atoms with van der Waals surface area (Å²) in [7, 11) is 0. The second-order valence-corrected chi connectivity index (χ2v) is 6.71. The van der Waals surface area contributed by atoms with Crippen molar-refractivity contribution in [3.05, 3.63) is 35.4 Å². The van der Waals surface area contributed by atoms with Crippen molar-refractivity contribution >= 4 is 27.7 Å². The van der Waals surface area contributed by atoms with Crippen LogP contribution in [-0.4, -0.2) is 24.3 Å². The fourth-order valence-corrected chi connectivity index (χ4v) is 4.76. The van der Waals surface area contributed by atoms with Crippen molar-refractivity contribution in [1.29, 1.82) is 0 Å². The zero-order valence-electron chi connectivity index (χ0n) is 11.0. The number of thioether (sulfide) groups is 1. The number of halogens is 1. The van der Waals surface area contributed by atoms with Crippen molar-refractivity contribution in [3.8, 4) is 0 Å². The summed E-state index contributed by atoms with van der Waals surface area (Å²) in [5.41, 5.74) is 3.33. The average molecular weight is 329 g/mol. The largest absolute Gasteiger partial charge is 0.381 e. The molecule has 1 aromatic carbocycles. The van der Waals surface area contributed by atoms with Gasteiger partial charge < -0.3 is 4.74 Å². The lowest BCUT2D eigenvalue weighted by Gasteiger charge is -2.35. The number of ether oxygens (including phenoxy) is 1. The van der Waals surface area contributed by atoms with Gasteiger partial charge in [0.2, 0.25) is 0 Å². The highest BCUT2D eigenvalue weighted by Gasteiger charge is 2.31. The van der Waals surface area contributed by atoms with Crippen molar-refractivity contribution in [2.75, 3.05) is 24.3 Å². The molecule has 3 heteroatoms. The molecule has 1 heterocycles. The SMILES string of the molecule is Cc1ccccc1CSCC1(CBr)CCOCC1. The van der Waals surface area contributed by atoms with E-state index in [-0.39, 0.29) is 0 Å². The van der Waals surface area contributed by atoms with Crippen LogP contribution in [0.1, 0.15) is 24.0 Å². The second kappa shape index (κ2) is 6.97. The molecule has 0 spiro atoms. The van der Waals surface area contributed by atoms with Crippen LogP contribution >= 0.6 is 27.7 Å². The van der Waals surface area contributed by atoms with E-state index >= 15 is 0 Å². The average Bonchev–Trinajstić information content (AvgIpc) is 2.42. The van der Waals surface area contributed by atoms with Gasteiger partial charge in [0.05, 0.1) is 0 Å². The lowest BCUT2D eigenvalue weighted by molar-refractivity contribution is 0.0374. The van der Waals surface area contributed by atoms with Crippen LogP contribution in [0.25, 0.3) is 0 Å². The molecular formula is C15H21BrOS. The van der Waals surface area contributed by atoms with Crippen molar-refractivity contribution in [2.24, 2.45) is 5.41 Å². The summed E-state index contributed by atoms with van der Waals surface area (Å²) in [6.45, 7) is 4.05. The molecule has 0 bridgehead atoms. The van der Waals surface area contributed by atoms with E-state index in [4.69, 9.17) is 4.74 Å². The summed E-state index contributed by atoms with van der Waals surface area (Å²) in [5.74, 6) is 2.36. The minimum atomic E-state index is 0.450. The zero-order valence-corrected chi connectivity index (χ0v) is 13.4. The molecule has 1 fully saturated rings. The van der Waals surface area contributed by atoms with Gasteiger partial charge in [-0.2, -0.15) is 11.8 Å². The summed E-state index contributed by atoms with van der Waals surface area (Å²) in [6.07, 6.45) is 2.39. The van der Waals surface area contributed by atoms with E-state index in [9.17, 15) is 0 Å². The van der Waals surface area contributed by atoms with Crippen molar-refractivity contribution in [3.63, 3.8) is 0 Å². The van der Waals surface area contributed by atoms with Crippen LogP contribution in [0.3, 0.4) is 0 Å². The van der Waals surface area contributed by atoms with Gasteiger partial charge in [-0.25, -0.2) is 0 Å². The van der Waals surface area contributed by atoms with Gasteiger partial charge in [-0.15, -0.1) is 0 Å². The Kier molecular flexibility index (Phi) is 5.58. The van der Waals surface area contributed by atoms with E-state index in [2.05, 4.69) is 58.9 Å². The predicted molar refractivity (Wildman–Crippen MR) is 83.6 cm³/mol. The summed E-state index contributed by atoms with van der Waals surface area (Å²) in [6, 6.07) is 8.69. The highest BCUT2D eigenvalue weighted by Crippen LogP contribution is 2.36. The number of rotatable bonds is 5. The molecule has 1 aromatic rings. The van der Waals surface area contributed by atoms with Gasteiger partial charge in [0, 0.05) is 30.0 Å². The van der Waals surface area contributed by atoms with Crippen LogP contribution in [0.2, 0.25) is 0 Å². The number of aryl methyl sites for hydroxylation is 1. The molecular weight excluding hydrogens is 308 g/mol. The van der Waals surface area contributed by atoms with Crippen molar-refractivity contribution in [1.82, 2.24) is 0 Å². The number of hydrogen-bond donors (Lipinski definition) is 0. The highest BCUT2D eigenvalue weighted by atomic mass is 79.9.